The molecule has 1 unspecified atom stereocenters. The zero-order valence-corrected chi connectivity index (χ0v) is 11.4. The number of hydrogen-bond donors (Lipinski definition) is 1. The molecular weight excluding hydrogens is 237 g/mol. The molecule has 0 heterocycles. The van der Waals surface area contributed by atoms with Gasteiger partial charge in [0.05, 0.1) is 7.11 Å². The molecule has 0 radical (unpaired) electrons. The average Bonchev–Trinajstić information content (AvgIpc) is 2.28. The van der Waals surface area contributed by atoms with Gasteiger partial charge in [-0.05, 0) is 29.9 Å². The summed E-state index contributed by atoms with van der Waals surface area (Å²) in [6.07, 6.45) is 0. The topological polar surface area (TPSA) is 35.2 Å². The Morgan fingerprint density at radius 1 is 1.35 bits per heavy atom. The highest BCUT2D eigenvalue weighted by Gasteiger charge is 2.13. The Bertz CT molecular complexity index is 357. The standard InChI is InChI=1S/C13H20FNOS/c1-9(2)7-17-8-12(15)11-6-10(14)4-5-13(11)16-3/h4-6,9,12H,7-8,15H2,1-3H3. The van der Waals surface area contributed by atoms with E-state index in [9.17, 15) is 4.39 Å². The van der Waals surface area contributed by atoms with Crippen LogP contribution in [0.4, 0.5) is 4.39 Å². The zero-order valence-electron chi connectivity index (χ0n) is 10.6. The van der Waals surface area contributed by atoms with Gasteiger partial charge in [-0.1, -0.05) is 13.8 Å². The van der Waals surface area contributed by atoms with Crippen molar-refractivity contribution in [3.05, 3.63) is 29.6 Å². The molecule has 0 fully saturated rings. The van der Waals surface area contributed by atoms with E-state index in [4.69, 9.17) is 10.5 Å². The fourth-order valence-electron chi connectivity index (χ4n) is 1.52. The van der Waals surface area contributed by atoms with Crippen molar-refractivity contribution in [3.63, 3.8) is 0 Å². The van der Waals surface area contributed by atoms with E-state index < -0.39 is 0 Å². The predicted molar refractivity (Wildman–Crippen MR) is 72.0 cm³/mol. The maximum Gasteiger partial charge on any atom is 0.123 e. The number of benzene rings is 1. The van der Waals surface area contributed by atoms with Crippen LogP contribution in [0.15, 0.2) is 18.2 Å². The zero-order chi connectivity index (χ0) is 12.8. The van der Waals surface area contributed by atoms with Gasteiger partial charge < -0.3 is 10.5 Å². The molecule has 1 rings (SSSR count). The van der Waals surface area contributed by atoms with Crippen molar-refractivity contribution < 1.29 is 9.13 Å². The quantitative estimate of drug-likeness (QED) is 0.850. The van der Waals surface area contributed by atoms with Crippen LogP contribution in [-0.4, -0.2) is 18.6 Å². The van der Waals surface area contributed by atoms with Crippen molar-refractivity contribution in [3.8, 4) is 5.75 Å². The Morgan fingerprint density at radius 3 is 2.65 bits per heavy atom. The van der Waals surface area contributed by atoms with Gasteiger partial charge in [0, 0.05) is 17.4 Å². The van der Waals surface area contributed by atoms with Crippen LogP contribution in [0.1, 0.15) is 25.5 Å². The molecule has 0 aliphatic carbocycles. The summed E-state index contributed by atoms with van der Waals surface area (Å²) in [7, 11) is 1.57. The molecule has 0 spiro atoms. The first-order chi connectivity index (χ1) is 8.04. The molecule has 1 atom stereocenters. The fourth-order valence-corrected chi connectivity index (χ4v) is 2.56. The molecule has 1 aromatic rings. The molecule has 4 heteroatoms. The minimum absolute atomic E-state index is 0.190. The van der Waals surface area contributed by atoms with Gasteiger partial charge in [-0.15, -0.1) is 0 Å². The van der Waals surface area contributed by atoms with E-state index in [0.29, 0.717) is 11.7 Å². The first kappa shape index (κ1) is 14.3. The molecule has 0 aromatic heterocycles. The molecule has 96 valence electrons. The summed E-state index contributed by atoms with van der Waals surface area (Å²) in [5, 5.41) is 0. The maximum absolute atomic E-state index is 13.2. The molecule has 0 aliphatic rings. The van der Waals surface area contributed by atoms with Crippen molar-refractivity contribution in [2.45, 2.75) is 19.9 Å². The monoisotopic (exact) mass is 257 g/mol. The molecule has 2 N–H and O–H groups in total. The minimum atomic E-state index is -0.273. The SMILES string of the molecule is COc1ccc(F)cc1C(N)CSCC(C)C. The van der Waals surface area contributed by atoms with Crippen LogP contribution in [0.25, 0.3) is 0 Å². The number of methoxy groups -OCH3 is 1. The highest BCUT2D eigenvalue weighted by atomic mass is 32.2. The van der Waals surface area contributed by atoms with Crippen molar-refractivity contribution in [2.75, 3.05) is 18.6 Å². The highest BCUT2D eigenvalue weighted by Crippen LogP contribution is 2.27. The van der Waals surface area contributed by atoms with Gasteiger partial charge in [-0.2, -0.15) is 11.8 Å². The van der Waals surface area contributed by atoms with E-state index in [1.54, 1.807) is 24.9 Å². The number of hydrogen-bond acceptors (Lipinski definition) is 3. The van der Waals surface area contributed by atoms with Crippen molar-refractivity contribution >= 4 is 11.8 Å². The van der Waals surface area contributed by atoms with Crippen LogP contribution in [-0.2, 0) is 0 Å². The highest BCUT2D eigenvalue weighted by molar-refractivity contribution is 7.99. The van der Waals surface area contributed by atoms with Gasteiger partial charge >= 0.3 is 0 Å². The fraction of sp³-hybridized carbons (Fsp3) is 0.538. The Labute approximate surface area is 107 Å². The molecule has 1 aromatic carbocycles. The number of nitrogens with two attached hydrogens (primary N) is 1. The molecule has 0 amide bonds. The third kappa shape index (κ3) is 4.56. The molecular formula is C13H20FNOS. The van der Waals surface area contributed by atoms with Crippen LogP contribution >= 0.6 is 11.8 Å². The summed E-state index contributed by atoms with van der Waals surface area (Å²) < 4.78 is 18.4. The average molecular weight is 257 g/mol. The summed E-state index contributed by atoms with van der Waals surface area (Å²) >= 11 is 1.79. The second kappa shape index (κ2) is 6.87. The second-order valence-electron chi connectivity index (χ2n) is 4.42. The molecule has 17 heavy (non-hydrogen) atoms. The summed E-state index contributed by atoms with van der Waals surface area (Å²) in [4.78, 5) is 0. The maximum atomic E-state index is 13.2. The largest absolute Gasteiger partial charge is 0.496 e. The first-order valence-electron chi connectivity index (χ1n) is 5.71. The van der Waals surface area contributed by atoms with Crippen LogP contribution in [0.2, 0.25) is 0 Å². The Kier molecular flexibility index (Phi) is 5.78. The molecule has 0 aliphatic heterocycles. The van der Waals surface area contributed by atoms with Crippen molar-refractivity contribution in [2.24, 2.45) is 11.7 Å². The van der Waals surface area contributed by atoms with E-state index in [-0.39, 0.29) is 11.9 Å². The minimum Gasteiger partial charge on any atom is -0.496 e. The third-order valence-electron chi connectivity index (χ3n) is 2.34. The van der Waals surface area contributed by atoms with Crippen LogP contribution < -0.4 is 10.5 Å². The van der Waals surface area contributed by atoms with Gasteiger partial charge in [0.25, 0.3) is 0 Å². The first-order valence-corrected chi connectivity index (χ1v) is 6.86. The summed E-state index contributed by atoms with van der Waals surface area (Å²) in [6.45, 7) is 4.34. The number of thioether (sulfide) groups is 1. The molecule has 0 saturated heterocycles. The smallest absolute Gasteiger partial charge is 0.123 e. The Hall–Kier alpha value is -0.740. The third-order valence-corrected chi connectivity index (χ3v) is 3.84. The van der Waals surface area contributed by atoms with E-state index in [0.717, 1.165) is 17.1 Å². The van der Waals surface area contributed by atoms with Gasteiger partial charge in [-0.25, -0.2) is 4.39 Å². The lowest BCUT2D eigenvalue weighted by atomic mass is 10.1. The van der Waals surface area contributed by atoms with E-state index in [1.165, 1.54) is 12.1 Å². The number of ether oxygens (including phenoxy) is 1. The van der Waals surface area contributed by atoms with E-state index in [2.05, 4.69) is 13.8 Å². The predicted octanol–water partition coefficient (Wildman–Crippen LogP) is 3.22. The summed E-state index contributed by atoms with van der Waals surface area (Å²) in [5.74, 6) is 2.86. The molecule has 0 saturated carbocycles. The van der Waals surface area contributed by atoms with Gasteiger partial charge in [0.15, 0.2) is 0 Å². The van der Waals surface area contributed by atoms with Crippen molar-refractivity contribution in [1.29, 1.82) is 0 Å². The summed E-state index contributed by atoms with van der Waals surface area (Å²) in [6, 6.07) is 4.28. The van der Waals surface area contributed by atoms with Gasteiger partial charge in [0.2, 0.25) is 0 Å². The molecule has 0 bridgehead atoms. The lowest BCUT2D eigenvalue weighted by molar-refractivity contribution is 0.405. The summed E-state index contributed by atoms with van der Waals surface area (Å²) in [5.41, 5.74) is 6.80. The number of halogens is 1. The lowest BCUT2D eigenvalue weighted by Gasteiger charge is -2.16. The van der Waals surface area contributed by atoms with Crippen LogP contribution in [0.5, 0.6) is 5.75 Å². The number of rotatable bonds is 6. The van der Waals surface area contributed by atoms with Crippen LogP contribution in [0.3, 0.4) is 0 Å². The van der Waals surface area contributed by atoms with Crippen molar-refractivity contribution in [1.82, 2.24) is 0 Å². The van der Waals surface area contributed by atoms with Gasteiger partial charge in [0.1, 0.15) is 11.6 Å². The Morgan fingerprint density at radius 2 is 2.06 bits per heavy atom. The van der Waals surface area contributed by atoms with E-state index in [1.807, 2.05) is 0 Å². The van der Waals surface area contributed by atoms with Gasteiger partial charge in [-0.3, -0.25) is 0 Å². The van der Waals surface area contributed by atoms with Crippen LogP contribution in [0, 0.1) is 11.7 Å². The molecule has 2 nitrogen and oxygen atoms in total. The lowest BCUT2D eigenvalue weighted by Crippen LogP contribution is -2.15. The second-order valence-corrected chi connectivity index (χ2v) is 5.50. The van der Waals surface area contributed by atoms with E-state index >= 15 is 0 Å². The normalized spacial score (nSPS) is 12.8. The Balaban J connectivity index is 2.66.